The molecule has 3 aromatic rings. The normalized spacial score (nSPS) is 13.1. The molecule has 5 heteroatoms. The summed E-state index contributed by atoms with van der Waals surface area (Å²) in [6.07, 6.45) is 6.63. The standard InChI is InChI=1S/C25H34N4O/c1-6-9-15-28(8-3)25-20-11-10-12-22(20)26-24-23(21(7-2)27-29(24)25)19-14-13-18(30-5)16-17(19)4/h13-14,16H,6-12,15H2,1-5H3. The predicted octanol–water partition coefficient (Wildman–Crippen LogP) is 5.39. The van der Waals surface area contributed by atoms with Gasteiger partial charge in [-0.3, -0.25) is 0 Å². The lowest BCUT2D eigenvalue weighted by Crippen LogP contribution is -2.28. The van der Waals surface area contributed by atoms with Crippen molar-refractivity contribution in [2.45, 2.75) is 66.2 Å². The summed E-state index contributed by atoms with van der Waals surface area (Å²) in [6.45, 7) is 10.9. The molecule has 2 heterocycles. The molecule has 1 aromatic carbocycles. The van der Waals surface area contributed by atoms with E-state index in [0.717, 1.165) is 49.4 Å². The first-order valence-electron chi connectivity index (χ1n) is 11.5. The number of anilines is 1. The second-order valence-electron chi connectivity index (χ2n) is 8.24. The second-order valence-corrected chi connectivity index (χ2v) is 8.24. The molecule has 0 N–H and O–H groups in total. The van der Waals surface area contributed by atoms with Crippen LogP contribution < -0.4 is 9.64 Å². The van der Waals surface area contributed by atoms with Gasteiger partial charge in [0.2, 0.25) is 0 Å². The number of aromatic nitrogens is 3. The minimum absolute atomic E-state index is 0.884. The zero-order valence-electron chi connectivity index (χ0n) is 19.1. The van der Waals surface area contributed by atoms with Gasteiger partial charge < -0.3 is 9.64 Å². The highest BCUT2D eigenvalue weighted by molar-refractivity contribution is 5.84. The Bertz CT molecular complexity index is 1050. The van der Waals surface area contributed by atoms with Gasteiger partial charge in [-0.2, -0.15) is 9.61 Å². The molecule has 0 aliphatic heterocycles. The molecule has 0 fully saturated rings. The van der Waals surface area contributed by atoms with Crippen LogP contribution in [-0.2, 0) is 19.3 Å². The Morgan fingerprint density at radius 3 is 2.67 bits per heavy atom. The van der Waals surface area contributed by atoms with E-state index in [4.69, 9.17) is 14.8 Å². The smallest absolute Gasteiger partial charge is 0.165 e. The van der Waals surface area contributed by atoms with Crippen LogP contribution in [0.1, 0.15) is 62.5 Å². The molecular weight excluding hydrogens is 372 g/mol. The van der Waals surface area contributed by atoms with Gasteiger partial charge in [-0.15, -0.1) is 0 Å². The van der Waals surface area contributed by atoms with Crippen LogP contribution >= 0.6 is 0 Å². The summed E-state index contributed by atoms with van der Waals surface area (Å²) in [6, 6.07) is 6.30. The minimum Gasteiger partial charge on any atom is -0.497 e. The Kier molecular flexibility index (Phi) is 5.98. The Morgan fingerprint density at radius 1 is 1.17 bits per heavy atom. The SMILES string of the molecule is CCCCN(CC)c1c2c(nc3c(-c4ccc(OC)cc4C)c(CC)nn13)CCC2. The highest BCUT2D eigenvalue weighted by atomic mass is 16.5. The lowest BCUT2D eigenvalue weighted by atomic mass is 9.99. The number of unbranched alkanes of at least 4 members (excludes halogenated alkanes) is 1. The fraction of sp³-hybridized carbons (Fsp3) is 0.520. The largest absolute Gasteiger partial charge is 0.497 e. The summed E-state index contributed by atoms with van der Waals surface area (Å²) in [7, 11) is 1.72. The number of rotatable bonds is 8. The van der Waals surface area contributed by atoms with Crippen molar-refractivity contribution in [2.75, 3.05) is 25.1 Å². The van der Waals surface area contributed by atoms with Crippen LogP contribution in [0.4, 0.5) is 5.82 Å². The van der Waals surface area contributed by atoms with Gasteiger partial charge in [0.15, 0.2) is 5.65 Å². The van der Waals surface area contributed by atoms with Crippen molar-refractivity contribution in [3.8, 4) is 16.9 Å². The molecule has 5 nitrogen and oxygen atoms in total. The number of nitrogens with zero attached hydrogens (tertiary/aromatic N) is 4. The van der Waals surface area contributed by atoms with Crippen LogP contribution in [-0.4, -0.2) is 34.8 Å². The first kappa shape index (κ1) is 20.7. The molecule has 0 spiro atoms. The summed E-state index contributed by atoms with van der Waals surface area (Å²) in [5.41, 5.74) is 8.38. The van der Waals surface area contributed by atoms with E-state index >= 15 is 0 Å². The fourth-order valence-corrected chi connectivity index (χ4v) is 4.71. The number of fused-ring (bicyclic) bond motifs is 2. The van der Waals surface area contributed by atoms with Gasteiger partial charge in [-0.05, 0) is 69.2 Å². The summed E-state index contributed by atoms with van der Waals surface area (Å²) in [5.74, 6) is 2.16. The van der Waals surface area contributed by atoms with Gasteiger partial charge in [0, 0.05) is 24.3 Å². The second kappa shape index (κ2) is 8.66. The zero-order valence-corrected chi connectivity index (χ0v) is 19.1. The van der Waals surface area contributed by atoms with E-state index in [1.54, 1.807) is 7.11 Å². The maximum atomic E-state index is 5.43. The molecule has 0 saturated carbocycles. The van der Waals surface area contributed by atoms with E-state index in [1.807, 2.05) is 6.07 Å². The molecule has 0 unspecified atom stereocenters. The molecule has 0 saturated heterocycles. The molecule has 1 aliphatic carbocycles. The van der Waals surface area contributed by atoms with Crippen LogP contribution in [0.3, 0.4) is 0 Å². The molecule has 0 amide bonds. The topological polar surface area (TPSA) is 42.7 Å². The molecule has 2 aromatic heterocycles. The molecule has 160 valence electrons. The third kappa shape index (κ3) is 3.44. The number of hydrogen-bond acceptors (Lipinski definition) is 4. The van der Waals surface area contributed by atoms with Crippen LogP contribution in [0.2, 0.25) is 0 Å². The Balaban J connectivity index is 1.98. The third-order valence-electron chi connectivity index (χ3n) is 6.33. The molecule has 0 bridgehead atoms. The fourth-order valence-electron chi connectivity index (χ4n) is 4.71. The Morgan fingerprint density at radius 2 is 2.00 bits per heavy atom. The number of aryl methyl sites for hydroxylation is 3. The Labute approximate surface area is 180 Å². The summed E-state index contributed by atoms with van der Waals surface area (Å²) in [4.78, 5) is 7.70. The molecule has 0 atom stereocenters. The first-order chi connectivity index (χ1) is 14.6. The predicted molar refractivity (Wildman–Crippen MR) is 124 cm³/mol. The van der Waals surface area contributed by atoms with Crippen molar-refractivity contribution in [3.05, 3.63) is 40.7 Å². The van der Waals surface area contributed by atoms with Gasteiger partial charge >= 0.3 is 0 Å². The van der Waals surface area contributed by atoms with E-state index in [1.165, 1.54) is 53.0 Å². The van der Waals surface area contributed by atoms with Crippen molar-refractivity contribution < 1.29 is 4.74 Å². The zero-order chi connectivity index (χ0) is 21.3. The number of hydrogen-bond donors (Lipinski definition) is 0. The van der Waals surface area contributed by atoms with Gasteiger partial charge in [0.1, 0.15) is 11.6 Å². The average Bonchev–Trinajstić information content (AvgIpc) is 3.37. The van der Waals surface area contributed by atoms with Crippen molar-refractivity contribution >= 4 is 11.5 Å². The van der Waals surface area contributed by atoms with E-state index in [0.29, 0.717) is 0 Å². The maximum absolute atomic E-state index is 5.43. The quantitative estimate of drug-likeness (QED) is 0.503. The maximum Gasteiger partial charge on any atom is 0.165 e. The van der Waals surface area contributed by atoms with E-state index in [2.05, 4.69) is 49.2 Å². The molecule has 1 aliphatic rings. The van der Waals surface area contributed by atoms with Gasteiger partial charge in [-0.1, -0.05) is 26.3 Å². The van der Waals surface area contributed by atoms with Gasteiger partial charge in [0.25, 0.3) is 0 Å². The first-order valence-corrected chi connectivity index (χ1v) is 11.5. The molecule has 30 heavy (non-hydrogen) atoms. The van der Waals surface area contributed by atoms with Gasteiger partial charge in [-0.25, -0.2) is 4.98 Å². The number of methoxy groups -OCH3 is 1. The Hall–Kier alpha value is -2.56. The summed E-state index contributed by atoms with van der Waals surface area (Å²) < 4.78 is 7.59. The van der Waals surface area contributed by atoms with Crippen molar-refractivity contribution in [2.24, 2.45) is 0 Å². The summed E-state index contributed by atoms with van der Waals surface area (Å²) in [5, 5.41) is 5.13. The highest BCUT2D eigenvalue weighted by Gasteiger charge is 2.27. The van der Waals surface area contributed by atoms with Crippen LogP contribution in [0.5, 0.6) is 5.75 Å². The highest BCUT2D eigenvalue weighted by Crippen LogP contribution is 2.38. The van der Waals surface area contributed by atoms with Crippen LogP contribution in [0.15, 0.2) is 18.2 Å². The van der Waals surface area contributed by atoms with Crippen LogP contribution in [0, 0.1) is 6.92 Å². The van der Waals surface area contributed by atoms with Crippen molar-refractivity contribution in [3.63, 3.8) is 0 Å². The lowest BCUT2D eigenvalue weighted by Gasteiger charge is -2.26. The lowest BCUT2D eigenvalue weighted by molar-refractivity contribution is 0.414. The van der Waals surface area contributed by atoms with Crippen LogP contribution in [0.25, 0.3) is 16.8 Å². The minimum atomic E-state index is 0.884. The van der Waals surface area contributed by atoms with E-state index in [-0.39, 0.29) is 0 Å². The molecule has 0 radical (unpaired) electrons. The van der Waals surface area contributed by atoms with E-state index in [9.17, 15) is 0 Å². The monoisotopic (exact) mass is 406 g/mol. The number of ether oxygens (including phenoxy) is 1. The van der Waals surface area contributed by atoms with Gasteiger partial charge in [0.05, 0.1) is 18.4 Å². The van der Waals surface area contributed by atoms with E-state index < -0.39 is 0 Å². The van der Waals surface area contributed by atoms with Crippen molar-refractivity contribution in [1.29, 1.82) is 0 Å². The third-order valence-corrected chi connectivity index (χ3v) is 6.33. The van der Waals surface area contributed by atoms with Crippen molar-refractivity contribution in [1.82, 2.24) is 14.6 Å². The molecular formula is C25H34N4O. The summed E-state index contributed by atoms with van der Waals surface area (Å²) >= 11 is 0. The molecule has 4 rings (SSSR count). The average molecular weight is 407 g/mol. The number of benzene rings is 1.